The largest absolute Gasteiger partial charge is 0.484 e. The summed E-state index contributed by atoms with van der Waals surface area (Å²) in [6, 6.07) is 14.4. The van der Waals surface area contributed by atoms with Crippen LogP contribution in [0.4, 0.5) is 0 Å². The minimum atomic E-state index is -0.567. The van der Waals surface area contributed by atoms with Crippen LogP contribution in [0.3, 0.4) is 0 Å². The third kappa shape index (κ3) is 6.77. The molecular formula is C24H31ClN2O3. The molecule has 5 nitrogen and oxygen atoms in total. The van der Waals surface area contributed by atoms with Crippen molar-refractivity contribution in [3.05, 3.63) is 64.7 Å². The monoisotopic (exact) mass is 430 g/mol. The molecule has 2 amide bonds. The van der Waals surface area contributed by atoms with Gasteiger partial charge in [-0.15, -0.1) is 0 Å². The summed E-state index contributed by atoms with van der Waals surface area (Å²) in [7, 11) is 0. The third-order valence-corrected chi connectivity index (χ3v) is 5.50. The van der Waals surface area contributed by atoms with Gasteiger partial charge >= 0.3 is 0 Å². The van der Waals surface area contributed by atoms with Gasteiger partial charge in [-0.3, -0.25) is 9.59 Å². The van der Waals surface area contributed by atoms with Crippen LogP contribution >= 0.6 is 11.6 Å². The van der Waals surface area contributed by atoms with Crippen LogP contribution in [0.5, 0.6) is 5.75 Å². The molecule has 1 N–H and O–H groups in total. The minimum absolute atomic E-state index is 0.0496. The van der Waals surface area contributed by atoms with E-state index in [1.807, 2.05) is 58.0 Å². The predicted octanol–water partition coefficient (Wildman–Crippen LogP) is 4.75. The van der Waals surface area contributed by atoms with E-state index in [2.05, 4.69) is 5.32 Å². The molecule has 0 saturated heterocycles. The van der Waals surface area contributed by atoms with Crippen molar-refractivity contribution in [3.8, 4) is 5.75 Å². The van der Waals surface area contributed by atoms with E-state index in [0.29, 0.717) is 23.7 Å². The molecule has 0 heterocycles. The van der Waals surface area contributed by atoms with E-state index in [0.717, 1.165) is 17.5 Å². The van der Waals surface area contributed by atoms with Crippen molar-refractivity contribution in [1.29, 1.82) is 0 Å². The van der Waals surface area contributed by atoms with Crippen molar-refractivity contribution in [2.24, 2.45) is 0 Å². The molecule has 0 spiro atoms. The molecular weight excluding hydrogens is 400 g/mol. The average Bonchev–Trinajstić information content (AvgIpc) is 2.74. The maximum absolute atomic E-state index is 13.1. The molecule has 2 rings (SSSR count). The van der Waals surface area contributed by atoms with E-state index in [-0.39, 0.29) is 24.5 Å². The number of hydrogen-bond acceptors (Lipinski definition) is 3. The highest BCUT2D eigenvalue weighted by molar-refractivity contribution is 6.31. The van der Waals surface area contributed by atoms with Gasteiger partial charge in [0.2, 0.25) is 5.91 Å². The molecule has 0 aliphatic heterocycles. The highest BCUT2D eigenvalue weighted by atomic mass is 35.5. The second-order valence-electron chi connectivity index (χ2n) is 7.45. The number of nitrogens with one attached hydrogen (secondary N) is 1. The maximum Gasteiger partial charge on any atom is 0.261 e. The zero-order valence-electron chi connectivity index (χ0n) is 18.2. The topological polar surface area (TPSA) is 58.6 Å². The molecule has 2 aromatic rings. The number of ether oxygens (including phenoxy) is 1. The number of halogens is 1. The van der Waals surface area contributed by atoms with E-state index >= 15 is 0 Å². The minimum Gasteiger partial charge on any atom is -0.484 e. The predicted molar refractivity (Wildman–Crippen MR) is 121 cm³/mol. The zero-order valence-corrected chi connectivity index (χ0v) is 18.9. The standard InChI is InChI=1S/C24H31ClN2O3/c1-5-18(4)26-24(29)22(6-2)27(15-19-10-8-7-9-11-19)23(28)16-30-20-12-13-21(25)17(3)14-20/h7-14,18,22H,5-6,15-16H2,1-4H3,(H,26,29). The number of amides is 2. The molecule has 0 aliphatic carbocycles. The molecule has 30 heavy (non-hydrogen) atoms. The second kappa shape index (κ2) is 11.6. The Morgan fingerprint density at radius 2 is 1.80 bits per heavy atom. The van der Waals surface area contributed by atoms with Gasteiger partial charge in [-0.25, -0.2) is 0 Å². The summed E-state index contributed by atoms with van der Waals surface area (Å²) in [5.41, 5.74) is 1.84. The molecule has 6 heteroatoms. The highest BCUT2D eigenvalue weighted by Crippen LogP contribution is 2.21. The second-order valence-corrected chi connectivity index (χ2v) is 7.86. The van der Waals surface area contributed by atoms with Gasteiger partial charge in [-0.1, -0.05) is 55.8 Å². The van der Waals surface area contributed by atoms with Gasteiger partial charge in [0.05, 0.1) is 0 Å². The quantitative estimate of drug-likeness (QED) is 0.591. The first-order valence-corrected chi connectivity index (χ1v) is 10.8. The smallest absolute Gasteiger partial charge is 0.261 e. The molecule has 0 aliphatic rings. The fourth-order valence-corrected chi connectivity index (χ4v) is 3.19. The molecule has 162 valence electrons. The van der Waals surface area contributed by atoms with Gasteiger partial charge in [0.15, 0.2) is 6.61 Å². The van der Waals surface area contributed by atoms with Crippen LogP contribution in [-0.4, -0.2) is 35.4 Å². The lowest BCUT2D eigenvalue weighted by atomic mass is 10.1. The van der Waals surface area contributed by atoms with Gasteiger partial charge in [0.1, 0.15) is 11.8 Å². The Balaban J connectivity index is 2.18. The molecule has 0 bridgehead atoms. The Hall–Kier alpha value is -2.53. The van der Waals surface area contributed by atoms with E-state index in [1.165, 1.54) is 0 Å². The molecule has 2 unspecified atom stereocenters. The summed E-state index contributed by atoms with van der Waals surface area (Å²) in [5.74, 6) is 0.193. The lowest BCUT2D eigenvalue weighted by molar-refractivity contribution is -0.143. The number of carbonyl (C=O) groups is 2. The Morgan fingerprint density at radius 1 is 1.10 bits per heavy atom. The molecule has 2 atom stereocenters. The van der Waals surface area contributed by atoms with Crippen LogP contribution in [0.2, 0.25) is 5.02 Å². The first-order valence-electron chi connectivity index (χ1n) is 10.4. The van der Waals surface area contributed by atoms with E-state index in [1.54, 1.807) is 23.1 Å². The summed E-state index contributed by atoms with van der Waals surface area (Å²) in [5, 5.41) is 3.65. The molecule has 0 radical (unpaired) electrons. The SMILES string of the molecule is CCC(C)NC(=O)C(CC)N(Cc1ccccc1)C(=O)COc1ccc(Cl)c(C)c1. The summed E-state index contributed by atoms with van der Waals surface area (Å²) >= 11 is 6.06. The third-order valence-electron chi connectivity index (χ3n) is 5.07. The highest BCUT2D eigenvalue weighted by Gasteiger charge is 2.29. The van der Waals surface area contributed by atoms with Crippen LogP contribution in [0.25, 0.3) is 0 Å². The van der Waals surface area contributed by atoms with Gasteiger partial charge < -0.3 is 15.0 Å². The van der Waals surface area contributed by atoms with Crippen molar-refractivity contribution >= 4 is 23.4 Å². The number of benzene rings is 2. The van der Waals surface area contributed by atoms with Crippen LogP contribution in [-0.2, 0) is 16.1 Å². The van der Waals surface area contributed by atoms with Gasteiger partial charge in [-0.2, -0.15) is 0 Å². The Labute approximate surface area is 184 Å². The Morgan fingerprint density at radius 3 is 2.40 bits per heavy atom. The van der Waals surface area contributed by atoms with Crippen molar-refractivity contribution in [2.45, 2.75) is 59.2 Å². The van der Waals surface area contributed by atoms with E-state index < -0.39 is 6.04 Å². The summed E-state index contributed by atoms with van der Waals surface area (Å²) in [6.45, 7) is 7.96. The molecule has 0 saturated carbocycles. The summed E-state index contributed by atoms with van der Waals surface area (Å²) in [4.78, 5) is 27.6. The number of nitrogens with zero attached hydrogens (tertiary/aromatic N) is 1. The lowest BCUT2D eigenvalue weighted by Gasteiger charge is -2.31. The zero-order chi connectivity index (χ0) is 22.1. The van der Waals surface area contributed by atoms with Crippen molar-refractivity contribution in [1.82, 2.24) is 10.2 Å². The van der Waals surface area contributed by atoms with Crippen LogP contribution < -0.4 is 10.1 Å². The fraction of sp³-hybridized carbons (Fsp3) is 0.417. The molecule has 2 aromatic carbocycles. The van der Waals surface area contributed by atoms with Crippen molar-refractivity contribution < 1.29 is 14.3 Å². The van der Waals surface area contributed by atoms with Crippen molar-refractivity contribution in [2.75, 3.05) is 6.61 Å². The number of hydrogen-bond donors (Lipinski definition) is 1. The summed E-state index contributed by atoms with van der Waals surface area (Å²) in [6.07, 6.45) is 1.34. The van der Waals surface area contributed by atoms with Crippen LogP contribution in [0.1, 0.15) is 44.7 Å². The Bertz CT molecular complexity index is 842. The Kier molecular flexibility index (Phi) is 9.18. The van der Waals surface area contributed by atoms with Crippen LogP contribution in [0.15, 0.2) is 48.5 Å². The maximum atomic E-state index is 13.1. The number of carbonyl (C=O) groups excluding carboxylic acids is 2. The molecule has 0 aromatic heterocycles. The average molecular weight is 431 g/mol. The first kappa shape index (κ1) is 23.7. The van der Waals surface area contributed by atoms with Gasteiger partial charge in [0.25, 0.3) is 5.91 Å². The summed E-state index contributed by atoms with van der Waals surface area (Å²) < 4.78 is 5.72. The lowest BCUT2D eigenvalue weighted by Crippen LogP contribution is -2.51. The van der Waals surface area contributed by atoms with E-state index in [4.69, 9.17) is 16.3 Å². The van der Waals surface area contributed by atoms with Crippen LogP contribution in [0, 0.1) is 6.92 Å². The van der Waals surface area contributed by atoms with E-state index in [9.17, 15) is 9.59 Å². The fourth-order valence-electron chi connectivity index (χ4n) is 3.08. The number of rotatable bonds is 10. The normalized spacial score (nSPS) is 12.7. The first-order chi connectivity index (χ1) is 14.3. The van der Waals surface area contributed by atoms with Crippen molar-refractivity contribution in [3.63, 3.8) is 0 Å². The number of aryl methyl sites for hydroxylation is 1. The van der Waals surface area contributed by atoms with Gasteiger partial charge in [-0.05, 0) is 56.0 Å². The molecule has 0 fully saturated rings. The van der Waals surface area contributed by atoms with Gasteiger partial charge in [0, 0.05) is 17.6 Å².